The van der Waals surface area contributed by atoms with Crippen LogP contribution in [0.25, 0.3) is 0 Å². The minimum Gasteiger partial charge on any atom is -0.484 e. The Labute approximate surface area is 170 Å². The van der Waals surface area contributed by atoms with Crippen molar-refractivity contribution in [1.82, 2.24) is 0 Å². The van der Waals surface area contributed by atoms with Crippen LogP contribution in [-0.2, 0) is 9.59 Å². The Kier molecular flexibility index (Phi) is 6.25. The minimum atomic E-state index is -0.308. The lowest BCUT2D eigenvalue weighted by atomic mass is 9.98. The Hall–Kier alpha value is -2.53. The average Bonchev–Trinajstić information content (AvgIpc) is 3.07. The quantitative estimate of drug-likeness (QED) is 0.748. The molecule has 0 spiro atoms. The smallest absolute Gasteiger partial charge is 0.262 e. The summed E-state index contributed by atoms with van der Waals surface area (Å²) in [5.74, 6) is 0.870. The van der Waals surface area contributed by atoms with Crippen molar-refractivity contribution in [2.75, 3.05) is 23.4 Å². The van der Waals surface area contributed by atoms with E-state index in [2.05, 4.69) is 19.2 Å². The van der Waals surface area contributed by atoms with Crippen LogP contribution >= 0.6 is 11.6 Å². The molecule has 28 heavy (non-hydrogen) atoms. The lowest BCUT2D eigenvalue weighted by Crippen LogP contribution is -2.24. The van der Waals surface area contributed by atoms with Crippen molar-refractivity contribution in [3.8, 4) is 5.75 Å². The van der Waals surface area contributed by atoms with Crippen LogP contribution in [-0.4, -0.2) is 25.0 Å². The Balaban J connectivity index is 1.63. The summed E-state index contributed by atoms with van der Waals surface area (Å²) in [5.41, 5.74) is 3.61. The summed E-state index contributed by atoms with van der Waals surface area (Å²) in [6.07, 6.45) is 1.39. The van der Waals surface area contributed by atoms with Crippen LogP contribution in [0.1, 0.15) is 43.7 Å². The summed E-state index contributed by atoms with van der Waals surface area (Å²) >= 11 is 6.21. The summed E-state index contributed by atoms with van der Waals surface area (Å²) in [4.78, 5) is 26.0. The van der Waals surface area contributed by atoms with Crippen LogP contribution in [0.2, 0.25) is 5.02 Å². The average molecular weight is 401 g/mol. The Morgan fingerprint density at radius 1 is 1.25 bits per heavy atom. The molecule has 0 bridgehead atoms. The number of hydrogen-bond donors (Lipinski definition) is 1. The van der Waals surface area contributed by atoms with Crippen LogP contribution < -0.4 is 15.0 Å². The largest absolute Gasteiger partial charge is 0.484 e. The first-order chi connectivity index (χ1) is 13.3. The molecule has 0 unspecified atom stereocenters. The molecule has 0 aromatic heterocycles. The van der Waals surface area contributed by atoms with E-state index in [0.717, 1.165) is 17.7 Å². The molecule has 2 aromatic carbocycles. The predicted molar refractivity (Wildman–Crippen MR) is 112 cm³/mol. The topological polar surface area (TPSA) is 58.6 Å². The normalized spacial score (nSPS) is 13.9. The standard InChI is InChI=1S/C22H25ClN2O3/c1-14(2)18-8-7-17(11-15(18)3)28-13-21(26)24-20-12-16(6-9-19(20)23)25-10-4-5-22(25)27/h6-9,11-12,14H,4-5,10,13H2,1-3H3,(H,24,26). The van der Waals surface area contributed by atoms with E-state index in [4.69, 9.17) is 16.3 Å². The maximum absolute atomic E-state index is 12.3. The van der Waals surface area contributed by atoms with Gasteiger partial charge in [-0.2, -0.15) is 0 Å². The molecule has 1 saturated heterocycles. The molecule has 2 amide bonds. The van der Waals surface area contributed by atoms with E-state index in [-0.39, 0.29) is 18.4 Å². The van der Waals surface area contributed by atoms with Gasteiger partial charge >= 0.3 is 0 Å². The third-order valence-corrected chi connectivity index (χ3v) is 5.17. The molecule has 0 radical (unpaired) electrons. The third kappa shape index (κ3) is 4.65. The summed E-state index contributed by atoms with van der Waals surface area (Å²) in [6.45, 7) is 6.88. The Morgan fingerprint density at radius 2 is 2.04 bits per heavy atom. The van der Waals surface area contributed by atoms with Gasteiger partial charge in [0.05, 0.1) is 10.7 Å². The molecule has 1 aliphatic heterocycles. The number of hydrogen-bond acceptors (Lipinski definition) is 3. The summed E-state index contributed by atoms with van der Waals surface area (Å²) in [7, 11) is 0. The van der Waals surface area contributed by atoms with Crippen molar-refractivity contribution in [3.63, 3.8) is 0 Å². The number of nitrogens with one attached hydrogen (secondary N) is 1. The number of ether oxygens (including phenoxy) is 1. The van der Waals surface area contributed by atoms with Crippen LogP contribution in [0, 0.1) is 6.92 Å². The number of carbonyl (C=O) groups is 2. The van der Waals surface area contributed by atoms with Gasteiger partial charge in [-0.25, -0.2) is 0 Å². The molecule has 0 aliphatic carbocycles. The number of carbonyl (C=O) groups excluding carboxylic acids is 2. The first-order valence-corrected chi connectivity index (χ1v) is 9.86. The zero-order valence-electron chi connectivity index (χ0n) is 16.4. The number of benzene rings is 2. The molecule has 1 aliphatic rings. The predicted octanol–water partition coefficient (Wildman–Crippen LogP) is 4.92. The van der Waals surface area contributed by atoms with Crippen LogP contribution in [0.5, 0.6) is 5.75 Å². The molecule has 1 fully saturated rings. The molecule has 0 atom stereocenters. The van der Waals surface area contributed by atoms with Gasteiger partial charge in [-0.3, -0.25) is 9.59 Å². The van der Waals surface area contributed by atoms with Gasteiger partial charge in [0, 0.05) is 18.7 Å². The fraction of sp³-hybridized carbons (Fsp3) is 0.364. The van der Waals surface area contributed by atoms with Crippen molar-refractivity contribution in [2.24, 2.45) is 0 Å². The van der Waals surface area contributed by atoms with E-state index in [1.807, 2.05) is 25.1 Å². The van der Waals surface area contributed by atoms with Gasteiger partial charge < -0.3 is 15.0 Å². The fourth-order valence-corrected chi connectivity index (χ4v) is 3.58. The van der Waals surface area contributed by atoms with Crippen molar-refractivity contribution < 1.29 is 14.3 Å². The monoisotopic (exact) mass is 400 g/mol. The number of amides is 2. The van der Waals surface area contributed by atoms with E-state index in [9.17, 15) is 9.59 Å². The lowest BCUT2D eigenvalue weighted by molar-refractivity contribution is -0.118. The van der Waals surface area contributed by atoms with E-state index in [1.165, 1.54) is 5.56 Å². The van der Waals surface area contributed by atoms with Crippen molar-refractivity contribution in [1.29, 1.82) is 0 Å². The zero-order chi connectivity index (χ0) is 20.3. The SMILES string of the molecule is Cc1cc(OCC(=O)Nc2cc(N3CCCC3=O)ccc2Cl)ccc1C(C)C. The van der Waals surface area contributed by atoms with Gasteiger partial charge in [0.2, 0.25) is 5.91 Å². The van der Waals surface area contributed by atoms with E-state index in [0.29, 0.717) is 35.3 Å². The minimum absolute atomic E-state index is 0.0862. The van der Waals surface area contributed by atoms with Crippen LogP contribution in [0.4, 0.5) is 11.4 Å². The molecule has 2 aromatic rings. The highest BCUT2D eigenvalue weighted by molar-refractivity contribution is 6.33. The number of rotatable bonds is 6. The van der Waals surface area contributed by atoms with Crippen LogP contribution in [0.15, 0.2) is 36.4 Å². The lowest BCUT2D eigenvalue weighted by Gasteiger charge is -2.18. The number of anilines is 2. The highest BCUT2D eigenvalue weighted by Gasteiger charge is 2.22. The fourth-order valence-electron chi connectivity index (χ4n) is 3.42. The van der Waals surface area contributed by atoms with Gasteiger partial charge in [-0.15, -0.1) is 0 Å². The van der Waals surface area contributed by atoms with Gasteiger partial charge in [0.25, 0.3) is 5.91 Å². The van der Waals surface area contributed by atoms with Crippen molar-refractivity contribution in [3.05, 3.63) is 52.5 Å². The maximum atomic E-state index is 12.3. The van der Waals surface area contributed by atoms with Crippen molar-refractivity contribution in [2.45, 2.75) is 39.5 Å². The van der Waals surface area contributed by atoms with Gasteiger partial charge in [-0.05, 0) is 60.7 Å². The summed E-state index contributed by atoms with van der Waals surface area (Å²) < 4.78 is 5.62. The summed E-state index contributed by atoms with van der Waals surface area (Å²) in [5, 5.41) is 3.19. The van der Waals surface area contributed by atoms with E-state index in [1.54, 1.807) is 23.1 Å². The molecule has 1 heterocycles. The second kappa shape index (κ2) is 8.65. The van der Waals surface area contributed by atoms with Gasteiger partial charge in [0.15, 0.2) is 6.61 Å². The molecular weight excluding hydrogens is 376 g/mol. The van der Waals surface area contributed by atoms with E-state index >= 15 is 0 Å². The first kappa shape index (κ1) is 20.2. The highest BCUT2D eigenvalue weighted by Crippen LogP contribution is 2.30. The molecule has 0 saturated carbocycles. The molecule has 3 rings (SSSR count). The Morgan fingerprint density at radius 3 is 2.68 bits per heavy atom. The Bertz CT molecular complexity index is 895. The number of aryl methyl sites for hydroxylation is 1. The second-order valence-corrected chi connectivity index (χ2v) is 7.73. The molecule has 6 heteroatoms. The molecular formula is C22H25ClN2O3. The molecule has 1 N–H and O–H groups in total. The third-order valence-electron chi connectivity index (χ3n) is 4.84. The number of halogens is 1. The van der Waals surface area contributed by atoms with Crippen LogP contribution in [0.3, 0.4) is 0 Å². The number of nitrogens with zero attached hydrogens (tertiary/aromatic N) is 1. The molecule has 5 nitrogen and oxygen atoms in total. The van der Waals surface area contributed by atoms with Gasteiger partial charge in [-0.1, -0.05) is 31.5 Å². The van der Waals surface area contributed by atoms with Crippen molar-refractivity contribution >= 4 is 34.8 Å². The van der Waals surface area contributed by atoms with E-state index < -0.39 is 0 Å². The van der Waals surface area contributed by atoms with Gasteiger partial charge in [0.1, 0.15) is 5.75 Å². The second-order valence-electron chi connectivity index (χ2n) is 7.32. The maximum Gasteiger partial charge on any atom is 0.262 e. The zero-order valence-corrected chi connectivity index (χ0v) is 17.2. The highest BCUT2D eigenvalue weighted by atomic mass is 35.5. The first-order valence-electron chi connectivity index (χ1n) is 9.48. The molecule has 148 valence electrons. The summed E-state index contributed by atoms with van der Waals surface area (Å²) in [6, 6.07) is 11.0.